The SMILES string of the molecule is OCC(C1[C@H](c2ccc(F)cn2)CC12CCNCC2)C(F)(F)F. The monoisotopic (exact) mass is 332 g/mol. The van der Waals surface area contributed by atoms with Crippen molar-refractivity contribution < 1.29 is 22.7 Å². The first-order chi connectivity index (χ1) is 10.9. The molecule has 3 rings (SSSR count). The summed E-state index contributed by atoms with van der Waals surface area (Å²) in [4.78, 5) is 3.99. The van der Waals surface area contributed by atoms with Gasteiger partial charge in [0.1, 0.15) is 5.82 Å². The first kappa shape index (κ1) is 16.6. The molecule has 7 heteroatoms. The van der Waals surface area contributed by atoms with Crippen molar-refractivity contribution in [2.45, 2.75) is 31.4 Å². The normalized spacial score (nSPS) is 28.4. The van der Waals surface area contributed by atoms with Crippen molar-refractivity contribution in [3.63, 3.8) is 0 Å². The summed E-state index contributed by atoms with van der Waals surface area (Å²) in [6.07, 6.45) is -1.45. The topological polar surface area (TPSA) is 45.2 Å². The summed E-state index contributed by atoms with van der Waals surface area (Å²) < 4.78 is 53.3. The van der Waals surface area contributed by atoms with Crippen LogP contribution in [0, 0.1) is 23.1 Å². The second-order valence-electron chi connectivity index (χ2n) is 6.68. The van der Waals surface area contributed by atoms with Crippen LogP contribution in [0.25, 0.3) is 0 Å². The van der Waals surface area contributed by atoms with Gasteiger partial charge in [0, 0.05) is 11.6 Å². The van der Waals surface area contributed by atoms with Crippen LogP contribution < -0.4 is 5.32 Å². The van der Waals surface area contributed by atoms with Crippen molar-refractivity contribution in [1.82, 2.24) is 10.3 Å². The number of pyridine rings is 1. The number of aromatic nitrogens is 1. The van der Waals surface area contributed by atoms with Crippen LogP contribution in [0.2, 0.25) is 0 Å². The maximum Gasteiger partial charge on any atom is 0.394 e. The summed E-state index contributed by atoms with van der Waals surface area (Å²) in [5.41, 5.74) is 0.0813. The molecule has 1 aliphatic heterocycles. The number of nitrogens with zero attached hydrogens (tertiary/aromatic N) is 1. The highest BCUT2D eigenvalue weighted by Crippen LogP contribution is 2.64. The highest BCUT2D eigenvalue weighted by molar-refractivity contribution is 5.22. The molecule has 1 aromatic heterocycles. The van der Waals surface area contributed by atoms with Gasteiger partial charge in [0.15, 0.2) is 0 Å². The van der Waals surface area contributed by atoms with E-state index in [1.165, 1.54) is 12.1 Å². The molecule has 0 bridgehead atoms. The molecule has 3 nitrogen and oxygen atoms in total. The summed E-state index contributed by atoms with van der Waals surface area (Å²) in [7, 11) is 0. The molecule has 2 fully saturated rings. The lowest BCUT2D eigenvalue weighted by atomic mass is 9.46. The Bertz CT molecular complexity index is 540. The molecule has 0 aromatic carbocycles. The van der Waals surface area contributed by atoms with Gasteiger partial charge in [-0.1, -0.05) is 0 Å². The molecule has 1 saturated carbocycles. The fourth-order valence-corrected chi connectivity index (χ4v) is 4.45. The van der Waals surface area contributed by atoms with Gasteiger partial charge in [-0.15, -0.1) is 0 Å². The van der Waals surface area contributed by atoms with Gasteiger partial charge < -0.3 is 10.4 Å². The van der Waals surface area contributed by atoms with Crippen LogP contribution in [0.4, 0.5) is 17.6 Å². The smallest absolute Gasteiger partial charge is 0.394 e. The lowest BCUT2D eigenvalue weighted by molar-refractivity contribution is -0.236. The van der Waals surface area contributed by atoms with E-state index in [-0.39, 0.29) is 5.92 Å². The molecular weight excluding hydrogens is 312 g/mol. The molecule has 3 atom stereocenters. The van der Waals surface area contributed by atoms with Gasteiger partial charge >= 0.3 is 6.18 Å². The molecule has 2 unspecified atom stereocenters. The third kappa shape index (κ3) is 2.96. The van der Waals surface area contributed by atoms with Crippen LogP contribution in [-0.4, -0.2) is 36.0 Å². The maximum absolute atomic E-state index is 13.4. The zero-order valence-corrected chi connectivity index (χ0v) is 12.6. The number of piperidine rings is 1. The largest absolute Gasteiger partial charge is 0.396 e. The molecule has 128 valence electrons. The molecule has 23 heavy (non-hydrogen) atoms. The summed E-state index contributed by atoms with van der Waals surface area (Å²) in [5.74, 6) is -3.35. The van der Waals surface area contributed by atoms with Gasteiger partial charge in [-0.2, -0.15) is 13.2 Å². The molecule has 0 amide bonds. The number of aliphatic hydroxyl groups is 1. The van der Waals surface area contributed by atoms with Gasteiger partial charge in [-0.25, -0.2) is 4.39 Å². The van der Waals surface area contributed by atoms with E-state index in [2.05, 4.69) is 10.3 Å². The van der Waals surface area contributed by atoms with Gasteiger partial charge in [-0.3, -0.25) is 4.98 Å². The fourth-order valence-electron chi connectivity index (χ4n) is 4.45. The van der Waals surface area contributed by atoms with Crippen LogP contribution in [0.1, 0.15) is 30.9 Å². The average molecular weight is 332 g/mol. The molecule has 1 spiro atoms. The number of aliphatic hydroxyl groups excluding tert-OH is 1. The Labute approximate surface area is 132 Å². The third-order valence-corrected chi connectivity index (χ3v) is 5.55. The Hall–Kier alpha value is -1.21. The van der Waals surface area contributed by atoms with E-state index in [1.807, 2.05) is 0 Å². The van der Waals surface area contributed by atoms with E-state index in [1.54, 1.807) is 0 Å². The van der Waals surface area contributed by atoms with Crippen molar-refractivity contribution in [2.75, 3.05) is 19.7 Å². The highest BCUT2D eigenvalue weighted by atomic mass is 19.4. The summed E-state index contributed by atoms with van der Waals surface area (Å²) in [5, 5.41) is 12.6. The van der Waals surface area contributed by atoms with Crippen LogP contribution in [0.15, 0.2) is 18.3 Å². The van der Waals surface area contributed by atoms with Crippen LogP contribution in [-0.2, 0) is 0 Å². The van der Waals surface area contributed by atoms with Crippen molar-refractivity contribution in [1.29, 1.82) is 0 Å². The Morgan fingerprint density at radius 2 is 2.00 bits per heavy atom. The number of alkyl halides is 3. The first-order valence-corrected chi connectivity index (χ1v) is 7.87. The van der Waals surface area contributed by atoms with Crippen molar-refractivity contribution >= 4 is 0 Å². The van der Waals surface area contributed by atoms with Gasteiger partial charge in [0.2, 0.25) is 0 Å². The van der Waals surface area contributed by atoms with Crippen LogP contribution in [0.5, 0.6) is 0 Å². The predicted octanol–water partition coefficient (Wildman–Crippen LogP) is 2.86. The molecule has 2 heterocycles. The molecule has 1 saturated heterocycles. The Balaban J connectivity index is 1.92. The second kappa shape index (κ2) is 6.02. The number of nitrogens with one attached hydrogen (secondary N) is 1. The Morgan fingerprint density at radius 1 is 1.30 bits per heavy atom. The number of rotatable bonds is 3. The summed E-state index contributed by atoms with van der Waals surface area (Å²) >= 11 is 0. The van der Waals surface area contributed by atoms with E-state index in [4.69, 9.17) is 0 Å². The first-order valence-electron chi connectivity index (χ1n) is 7.87. The number of hydrogen-bond donors (Lipinski definition) is 2. The standard InChI is InChI=1S/C16H20F4N2O/c17-10-1-2-13(22-8-10)11-7-15(3-5-21-6-4-15)14(11)12(9-23)16(18,19)20/h1-2,8,11-12,14,21,23H,3-7,9H2/t11-,12?,14?/m0/s1. The number of hydrogen-bond acceptors (Lipinski definition) is 3. The minimum Gasteiger partial charge on any atom is -0.396 e. The number of halogens is 4. The lowest BCUT2D eigenvalue weighted by Crippen LogP contribution is -2.58. The zero-order valence-electron chi connectivity index (χ0n) is 12.6. The Kier molecular flexibility index (Phi) is 4.35. The van der Waals surface area contributed by atoms with Crippen molar-refractivity contribution in [3.8, 4) is 0 Å². The van der Waals surface area contributed by atoms with E-state index in [0.717, 1.165) is 6.20 Å². The predicted molar refractivity (Wildman–Crippen MR) is 76.2 cm³/mol. The highest BCUT2D eigenvalue weighted by Gasteiger charge is 2.62. The summed E-state index contributed by atoms with van der Waals surface area (Å²) in [6.45, 7) is 0.465. The fraction of sp³-hybridized carbons (Fsp3) is 0.688. The van der Waals surface area contributed by atoms with Crippen LogP contribution >= 0.6 is 0 Å². The van der Waals surface area contributed by atoms with Gasteiger partial charge in [0.05, 0.1) is 18.7 Å². The molecule has 2 aliphatic rings. The van der Waals surface area contributed by atoms with E-state index < -0.39 is 35.9 Å². The minimum absolute atomic E-state index is 0.382. The van der Waals surface area contributed by atoms with Gasteiger partial charge in [0.25, 0.3) is 0 Å². The zero-order chi connectivity index (χ0) is 16.7. The minimum atomic E-state index is -4.45. The van der Waals surface area contributed by atoms with Crippen LogP contribution in [0.3, 0.4) is 0 Å². The molecule has 1 aromatic rings. The second-order valence-corrected chi connectivity index (χ2v) is 6.68. The van der Waals surface area contributed by atoms with Gasteiger partial charge in [-0.05, 0) is 55.8 Å². The van der Waals surface area contributed by atoms with Crippen molar-refractivity contribution in [3.05, 3.63) is 29.8 Å². The molecule has 1 aliphatic carbocycles. The Morgan fingerprint density at radius 3 is 2.52 bits per heavy atom. The molecular formula is C16H20F4N2O. The van der Waals surface area contributed by atoms with E-state index >= 15 is 0 Å². The average Bonchev–Trinajstić information content (AvgIpc) is 2.51. The van der Waals surface area contributed by atoms with Crippen molar-refractivity contribution in [2.24, 2.45) is 17.3 Å². The summed E-state index contributed by atoms with van der Waals surface area (Å²) in [6, 6.07) is 2.69. The van der Waals surface area contributed by atoms with E-state index in [0.29, 0.717) is 38.0 Å². The third-order valence-electron chi connectivity index (χ3n) is 5.55. The maximum atomic E-state index is 13.4. The molecule has 0 radical (unpaired) electrons. The quantitative estimate of drug-likeness (QED) is 0.837. The van der Waals surface area contributed by atoms with E-state index in [9.17, 15) is 22.7 Å². The molecule has 2 N–H and O–H groups in total. The lowest BCUT2D eigenvalue weighted by Gasteiger charge is -2.59.